The molecule has 0 bridgehead atoms. The van der Waals surface area contributed by atoms with Crippen molar-refractivity contribution in [1.82, 2.24) is 5.32 Å². The van der Waals surface area contributed by atoms with Gasteiger partial charge in [0.25, 0.3) is 0 Å². The zero-order valence-electron chi connectivity index (χ0n) is 22.0. The molecule has 5 nitrogen and oxygen atoms in total. The minimum atomic E-state index is -0.905. The summed E-state index contributed by atoms with van der Waals surface area (Å²) in [5.74, 6) is 0.0682. The summed E-state index contributed by atoms with van der Waals surface area (Å²) >= 11 is 0. The average Bonchev–Trinajstić information content (AvgIpc) is 2.90. The molecule has 2 N–H and O–H groups in total. The summed E-state index contributed by atoms with van der Waals surface area (Å²) in [5, 5.41) is 14.0. The number of ether oxygens (including phenoxy) is 2. The molecular weight excluding hydrogens is 462 g/mol. The van der Waals surface area contributed by atoms with Crippen molar-refractivity contribution in [2.45, 2.75) is 58.0 Å². The topological polar surface area (TPSA) is 67.8 Å². The molecule has 196 valence electrons. The normalized spacial score (nSPS) is 14.2. The Kier molecular flexibility index (Phi) is 10.9. The Balaban J connectivity index is 1.69. The van der Waals surface area contributed by atoms with Crippen LogP contribution in [-0.4, -0.2) is 35.6 Å². The van der Waals surface area contributed by atoms with Crippen molar-refractivity contribution in [1.29, 1.82) is 0 Å². The maximum atomic E-state index is 12.6. The highest BCUT2D eigenvalue weighted by atomic mass is 16.5. The van der Waals surface area contributed by atoms with Gasteiger partial charge in [-0.1, -0.05) is 103 Å². The van der Waals surface area contributed by atoms with Crippen LogP contribution in [-0.2, 0) is 28.9 Å². The summed E-state index contributed by atoms with van der Waals surface area (Å²) in [6.45, 7) is 6.79. The van der Waals surface area contributed by atoms with Gasteiger partial charge in [-0.15, -0.1) is 0 Å². The van der Waals surface area contributed by atoms with E-state index >= 15 is 0 Å². The van der Waals surface area contributed by atoms with Crippen LogP contribution in [0.3, 0.4) is 0 Å². The van der Waals surface area contributed by atoms with E-state index in [0.717, 1.165) is 17.5 Å². The number of hydrogen-bond donors (Lipinski definition) is 2. The number of alkyl carbamates (subject to hydrolysis) is 1. The molecule has 0 aromatic heterocycles. The summed E-state index contributed by atoms with van der Waals surface area (Å²) in [6, 6.07) is 29.0. The van der Waals surface area contributed by atoms with Crippen molar-refractivity contribution >= 4 is 6.09 Å². The molecule has 0 aliphatic heterocycles. The molecule has 0 aliphatic carbocycles. The largest absolute Gasteiger partial charge is 0.445 e. The lowest BCUT2D eigenvalue weighted by Gasteiger charge is -2.25. The van der Waals surface area contributed by atoms with Gasteiger partial charge in [0, 0.05) is 5.92 Å². The van der Waals surface area contributed by atoms with E-state index in [2.05, 4.69) is 17.4 Å². The molecule has 0 radical (unpaired) electrons. The van der Waals surface area contributed by atoms with Crippen LogP contribution in [0.15, 0.2) is 103 Å². The molecule has 0 fully saturated rings. The number of hydrogen-bond acceptors (Lipinski definition) is 4. The van der Waals surface area contributed by atoms with E-state index in [9.17, 15) is 9.90 Å². The Morgan fingerprint density at radius 3 is 1.86 bits per heavy atom. The van der Waals surface area contributed by atoms with Crippen LogP contribution in [0.2, 0.25) is 0 Å². The fourth-order valence-electron chi connectivity index (χ4n) is 3.90. The first kappa shape index (κ1) is 28.2. The molecule has 5 heteroatoms. The Morgan fingerprint density at radius 2 is 1.32 bits per heavy atom. The molecule has 3 aromatic carbocycles. The highest BCUT2D eigenvalue weighted by Gasteiger charge is 2.22. The Labute approximate surface area is 221 Å². The van der Waals surface area contributed by atoms with E-state index in [-0.39, 0.29) is 18.1 Å². The number of nitrogens with one attached hydrogen (secondary N) is 1. The van der Waals surface area contributed by atoms with Crippen molar-refractivity contribution in [2.75, 3.05) is 6.61 Å². The van der Waals surface area contributed by atoms with Gasteiger partial charge in [0.15, 0.2) is 0 Å². The van der Waals surface area contributed by atoms with Gasteiger partial charge in [0.2, 0.25) is 0 Å². The van der Waals surface area contributed by atoms with Crippen LogP contribution < -0.4 is 5.32 Å². The molecule has 3 atom stereocenters. The second kappa shape index (κ2) is 14.4. The summed E-state index contributed by atoms with van der Waals surface area (Å²) < 4.78 is 11.5. The molecule has 0 unspecified atom stereocenters. The van der Waals surface area contributed by atoms with Crippen LogP contribution in [0.25, 0.3) is 0 Å². The molecule has 0 aliphatic rings. The van der Waals surface area contributed by atoms with Gasteiger partial charge < -0.3 is 19.9 Å². The third-order valence-corrected chi connectivity index (χ3v) is 5.88. The number of rotatable bonds is 12. The van der Waals surface area contributed by atoms with Gasteiger partial charge in [0.1, 0.15) is 6.61 Å². The van der Waals surface area contributed by atoms with Gasteiger partial charge in [-0.2, -0.15) is 0 Å². The molecule has 3 aromatic rings. The molecule has 3 rings (SSSR count). The first-order chi connectivity index (χ1) is 17.8. The maximum Gasteiger partial charge on any atom is 0.407 e. The number of carbonyl (C=O) groups excluding carboxylic acids is 1. The van der Waals surface area contributed by atoms with Gasteiger partial charge in [0.05, 0.1) is 24.4 Å². The Bertz CT molecular complexity index is 1080. The smallest absolute Gasteiger partial charge is 0.407 e. The van der Waals surface area contributed by atoms with Crippen LogP contribution >= 0.6 is 0 Å². The zero-order chi connectivity index (χ0) is 26.5. The molecule has 0 spiro atoms. The van der Waals surface area contributed by atoms with Crippen molar-refractivity contribution in [3.8, 4) is 0 Å². The monoisotopic (exact) mass is 501 g/mol. The van der Waals surface area contributed by atoms with Crippen LogP contribution in [0.5, 0.6) is 0 Å². The summed E-state index contributed by atoms with van der Waals surface area (Å²) in [5.41, 5.74) is 2.86. The molecule has 1 amide bonds. The predicted octanol–water partition coefficient (Wildman–Crippen LogP) is 6.12. The lowest BCUT2D eigenvalue weighted by atomic mass is 9.96. The van der Waals surface area contributed by atoms with Gasteiger partial charge in [-0.05, 0) is 50.3 Å². The second-order valence-electron chi connectivity index (χ2n) is 10.3. The minimum Gasteiger partial charge on any atom is -0.445 e. The standard InChI is InChI=1S/C32H39NO4/c1-32(2,3)37-24-28(21-25-13-7-4-8-14-25)19-20-30(34)29(22-26-15-9-5-10-16-26)33-31(35)36-23-27-17-11-6-12-18-27/h4-20,28-30,34H,21-24H2,1-3H3,(H,33,35)/t28-,29+,30+/m1/s1. The van der Waals surface area contributed by atoms with E-state index in [1.54, 1.807) is 6.08 Å². The summed E-state index contributed by atoms with van der Waals surface area (Å²) in [4.78, 5) is 12.6. The van der Waals surface area contributed by atoms with Crippen LogP contribution in [0.4, 0.5) is 4.79 Å². The van der Waals surface area contributed by atoms with Crippen molar-refractivity contribution < 1.29 is 19.4 Å². The first-order valence-corrected chi connectivity index (χ1v) is 12.8. The van der Waals surface area contributed by atoms with Crippen LogP contribution in [0.1, 0.15) is 37.5 Å². The van der Waals surface area contributed by atoms with E-state index in [1.807, 2.05) is 106 Å². The SMILES string of the molecule is CC(C)(C)OC[C@H](C=C[C@H](O)[C@H](Cc1ccccc1)NC(=O)OCc1ccccc1)Cc1ccccc1. The third kappa shape index (κ3) is 11.0. The highest BCUT2D eigenvalue weighted by molar-refractivity contribution is 5.67. The fraction of sp³-hybridized carbons (Fsp3) is 0.344. The number of amides is 1. The lowest BCUT2D eigenvalue weighted by Crippen LogP contribution is -2.44. The molecule has 0 heterocycles. The second-order valence-corrected chi connectivity index (χ2v) is 10.3. The third-order valence-electron chi connectivity index (χ3n) is 5.88. The number of carbonyl (C=O) groups is 1. The Hall–Kier alpha value is -3.41. The number of aliphatic hydroxyl groups is 1. The highest BCUT2D eigenvalue weighted by Crippen LogP contribution is 2.17. The van der Waals surface area contributed by atoms with E-state index < -0.39 is 18.2 Å². The van der Waals surface area contributed by atoms with Gasteiger partial charge in [-0.25, -0.2) is 4.79 Å². The quantitative estimate of drug-likeness (QED) is 0.294. The van der Waals surface area contributed by atoms with E-state index in [4.69, 9.17) is 9.47 Å². The number of aliphatic hydroxyl groups excluding tert-OH is 1. The van der Waals surface area contributed by atoms with Gasteiger partial charge in [-0.3, -0.25) is 0 Å². The van der Waals surface area contributed by atoms with Crippen molar-refractivity contribution in [3.05, 3.63) is 120 Å². The molecule has 0 saturated heterocycles. The molecular formula is C32H39NO4. The minimum absolute atomic E-state index is 0.0682. The van der Waals surface area contributed by atoms with Crippen molar-refractivity contribution in [3.63, 3.8) is 0 Å². The van der Waals surface area contributed by atoms with Gasteiger partial charge >= 0.3 is 6.09 Å². The molecule has 37 heavy (non-hydrogen) atoms. The van der Waals surface area contributed by atoms with Crippen LogP contribution in [0, 0.1) is 5.92 Å². The van der Waals surface area contributed by atoms with E-state index in [1.165, 1.54) is 5.56 Å². The van der Waals surface area contributed by atoms with E-state index in [0.29, 0.717) is 13.0 Å². The lowest BCUT2D eigenvalue weighted by molar-refractivity contribution is -0.0153. The summed E-state index contributed by atoms with van der Waals surface area (Å²) in [7, 11) is 0. The summed E-state index contributed by atoms with van der Waals surface area (Å²) in [6.07, 6.45) is 3.56. The number of benzene rings is 3. The maximum absolute atomic E-state index is 12.6. The van der Waals surface area contributed by atoms with Crippen molar-refractivity contribution in [2.24, 2.45) is 5.92 Å². The predicted molar refractivity (Wildman–Crippen MR) is 148 cm³/mol. The average molecular weight is 502 g/mol. The molecule has 0 saturated carbocycles. The first-order valence-electron chi connectivity index (χ1n) is 12.8. The zero-order valence-corrected chi connectivity index (χ0v) is 22.0. The fourth-order valence-corrected chi connectivity index (χ4v) is 3.90. The Morgan fingerprint density at radius 1 is 0.811 bits per heavy atom.